The minimum Gasteiger partial charge on any atom is -0.396 e. The molecule has 2 aromatic carbocycles. The summed E-state index contributed by atoms with van der Waals surface area (Å²) < 4.78 is 3.58. The van der Waals surface area contributed by atoms with Gasteiger partial charge in [0.1, 0.15) is 12.7 Å². The van der Waals surface area contributed by atoms with E-state index in [4.69, 9.17) is 0 Å². The van der Waals surface area contributed by atoms with Gasteiger partial charge >= 0.3 is 0 Å². The maximum absolute atomic E-state index is 13.8. The molecule has 0 spiro atoms. The van der Waals surface area contributed by atoms with Gasteiger partial charge in [0.2, 0.25) is 11.8 Å². The Morgan fingerprint density at radius 3 is 1.32 bits per heavy atom. The molecule has 10 atom stereocenters. The van der Waals surface area contributed by atoms with E-state index in [-0.39, 0.29) is 84.2 Å². The first-order valence-corrected chi connectivity index (χ1v) is 24.7. The van der Waals surface area contributed by atoms with Crippen LogP contribution in [0.25, 0.3) is 12.2 Å². The lowest BCUT2D eigenvalue weighted by atomic mass is 9.86. The highest BCUT2D eigenvalue weighted by Gasteiger charge is 2.57. The van der Waals surface area contributed by atoms with Crippen molar-refractivity contribution >= 4 is 24.0 Å². The molecule has 6 aromatic rings. The molecule has 72 heavy (non-hydrogen) atoms. The first kappa shape index (κ1) is 49.7. The van der Waals surface area contributed by atoms with Gasteiger partial charge in [-0.1, -0.05) is 85.0 Å². The molecule has 4 bridgehead atoms. The number of benzene rings is 2. The average molecular weight is 971 g/mol. The summed E-state index contributed by atoms with van der Waals surface area (Å²) in [5.74, 6) is -1.93. The molecule has 16 nitrogen and oxygen atoms in total. The number of aliphatic hydroxyl groups excluding tert-OH is 2. The summed E-state index contributed by atoms with van der Waals surface area (Å²) in [5, 5.41) is 27.4. The first-order valence-electron chi connectivity index (χ1n) is 24.7. The van der Waals surface area contributed by atoms with Crippen LogP contribution in [-0.4, -0.2) is 86.2 Å². The van der Waals surface area contributed by atoms with E-state index in [2.05, 4.69) is 40.4 Å². The number of fused-ring (bicyclic) bond motifs is 8. The maximum Gasteiger partial charge on any atom is 0.258 e. The van der Waals surface area contributed by atoms with Crippen LogP contribution in [-0.2, 0) is 35.8 Å². The van der Waals surface area contributed by atoms with Gasteiger partial charge < -0.3 is 30.0 Å². The minimum absolute atomic E-state index is 0.0707. The molecule has 0 saturated carbocycles. The Morgan fingerprint density at radius 1 is 0.597 bits per heavy atom. The van der Waals surface area contributed by atoms with Gasteiger partial charge in [-0.05, 0) is 63.1 Å². The largest absolute Gasteiger partial charge is 0.396 e. The van der Waals surface area contributed by atoms with E-state index >= 15 is 0 Å². The van der Waals surface area contributed by atoms with Crippen LogP contribution in [0.2, 0.25) is 0 Å². The third-order valence-corrected chi connectivity index (χ3v) is 15.0. The first-order chi connectivity index (χ1) is 35.1. The van der Waals surface area contributed by atoms with Crippen LogP contribution in [0, 0.1) is 23.7 Å². The Kier molecular flexibility index (Phi) is 15.2. The predicted molar refractivity (Wildman–Crippen MR) is 273 cm³/mol. The molecule has 0 radical (unpaired) electrons. The molecule has 8 heterocycles. The summed E-state index contributed by atoms with van der Waals surface area (Å²) in [4.78, 5) is 75.4. The number of nitrogens with one attached hydrogen (secondary N) is 2. The standard InChI is InChI=1S/2C28H31N5O3/c2*1-3-7-21-10-11-23-26-25(27(35)31-18(2)20-8-5-4-6-9-20)22(16-34)24(15-33(23)28(21)36)32(26)14-19-12-29-17-30-13-19/h2*3-13,17-18,22,24-26,34H,14-16H2,1-2H3,(H,31,35)/b7-3+;7-3-/t2*18-,22-,24-,25+,26+/m11/s1. The monoisotopic (exact) mass is 970 g/mol. The van der Waals surface area contributed by atoms with Crippen molar-refractivity contribution in [1.29, 1.82) is 0 Å². The SMILES string of the molecule is C/C=C/c1ccc2n(c1=O)C[C@@H]1[C@@H](CO)[C@H](C(=O)N[C@H](C)c3ccccc3)[C@H]2N1Cc1cncnc1.C/C=C\c1ccc2n(c1=O)C[C@@H]1[C@@H](CO)[C@H](C(=O)N[C@H](C)c3ccccc3)[C@H]2N1Cc1cncnc1. The van der Waals surface area contributed by atoms with Crippen LogP contribution in [0.1, 0.15) is 96.6 Å². The highest BCUT2D eigenvalue weighted by atomic mass is 16.3. The van der Waals surface area contributed by atoms with Crippen molar-refractivity contribution in [1.82, 2.24) is 49.5 Å². The number of carbonyl (C=O) groups is 2. The van der Waals surface area contributed by atoms with Crippen molar-refractivity contribution in [2.24, 2.45) is 23.7 Å². The average Bonchev–Trinajstić information content (AvgIpc) is 3.74. The molecule has 16 heteroatoms. The highest BCUT2D eigenvalue weighted by molar-refractivity contribution is 5.82. The number of allylic oxidation sites excluding steroid dienone is 2. The third-order valence-electron chi connectivity index (χ3n) is 15.0. The van der Waals surface area contributed by atoms with Crippen LogP contribution in [0.15, 0.2) is 144 Å². The fourth-order valence-electron chi connectivity index (χ4n) is 11.6. The zero-order chi connectivity index (χ0) is 50.5. The topological polar surface area (TPSA) is 201 Å². The van der Waals surface area contributed by atoms with E-state index in [1.807, 2.05) is 125 Å². The molecule has 0 aliphatic carbocycles. The van der Waals surface area contributed by atoms with Gasteiger partial charge in [0.15, 0.2) is 0 Å². The summed E-state index contributed by atoms with van der Waals surface area (Å²) in [6.45, 7) is 9.26. The molecule has 4 aromatic heterocycles. The Hall–Kier alpha value is -7.24. The smallest absolute Gasteiger partial charge is 0.258 e. The Bertz CT molecular complexity index is 2820. The summed E-state index contributed by atoms with van der Waals surface area (Å²) in [5.41, 5.74) is 6.55. The van der Waals surface area contributed by atoms with E-state index in [0.29, 0.717) is 37.3 Å². The predicted octanol–water partition coefficient (Wildman–Crippen LogP) is 5.43. The number of nitrogens with zero attached hydrogens (tertiary/aromatic N) is 8. The molecular weight excluding hydrogens is 909 g/mol. The van der Waals surface area contributed by atoms with Crippen LogP contribution < -0.4 is 21.8 Å². The van der Waals surface area contributed by atoms with E-state index in [9.17, 15) is 29.4 Å². The Labute approximate surface area is 418 Å². The molecule has 0 unspecified atom stereocenters. The molecule has 2 saturated heterocycles. The zero-order valence-corrected chi connectivity index (χ0v) is 41.0. The second kappa shape index (κ2) is 22.0. The number of aromatic nitrogens is 6. The van der Waals surface area contributed by atoms with Crippen LogP contribution >= 0.6 is 0 Å². The summed E-state index contributed by atoms with van der Waals surface area (Å²) in [6, 6.07) is 25.7. The summed E-state index contributed by atoms with van der Waals surface area (Å²) in [6.07, 6.45) is 17.4. The lowest BCUT2D eigenvalue weighted by Crippen LogP contribution is -2.46. The second-order valence-electron chi connectivity index (χ2n) is 19.1. The van der Waals surface area contributed by atoms with Crippen LogP contribution in [0.5, 0.6) is 0 Å². The van der Waals surface area contributed by atoms with Gasteiger partial charge in [-0.3, -0.25) is 29.0 Å². The highest BCUT2D eigenvalue weighted by Crippen LogP contribution is 2.50. The lowest BCUT2D eigenvalue weighted by Gasteiger charge is -2.38. The normalized spacial score (nSPS) is 24.0. The second-order valence-corrected chi connectivity index (χ2v) is 19.1. The van der Waals surface area contributed by atoms with Gasteiger partial charge in [0.25, 0.3) is 11.1 Å². The van der Waals surface area contributed by atoms with Crippen molar-refractivity contribution in [2.75, 3.05) is 13.2 Å². The third kappa shape index (κ3) is 9.74. The van der Waals surface area contributed by atoms with E-state index in [1.165, 1.54) is 12.7 Å². The lowest BCUT2D eigenvalue weighted by molar-refractivity contribution is -0.129. The molecule has 10 rings (SSSR count). The van der Waals surface area contributed by atoms with E-state index in [0.717, 1.165) is 33.6 Å². The number of pyridine rings is 2. The van der Waals surface area contributed by atoms with Gasteiger partial charge in [-0.2, -0.15) is 0 Å². The molecular formula is C56H62N10O6. The number of hydrogen-bond donors (Lipinski definition) is 4. The van der Waals surface area contributed by atoms with E-state index in [1.54, 1.807) is 46.1 Å². The number of carbonyl (C=O) groups excluding carboxylic acids is 2. The number of amides is 2. The minimum atomic E-state index is -0.517. The summed E-state index contributed by atoms with van der Waals surface area (Å²) >= 11 is 0. The number of aliphatic hydroxyl groups is 2. The van der Waals surface area contributed by atoms with Crippen LogP contribution in [0.4, 0.5) is 0 Å². The molecule has 4 aliphatic heterocycles. The maximum atomic E-state index is 13.8. The molecule has 4 N–H and O–H groups in total. The van der Waals surface area contributed by atoms with Crippen molar-refractivity contribution < 1.29 is 19.8 Å². The number of hydrogen-bond acceptors (Lipinski definition) is 12. The van der Waals surface area contributed by atoms with Crippen molar-refractivity contribution in [3.63, 3.8) is 0 Å². The van der Waals surface area contributed by atoms with E-state index < -0.39 is 11.8 Å². The van der Waals surface area contributed by atoms with Gasteiger partial charge in [0.05, 0.1) is 36.0 Å². The van der Waals surface area contributed by atoms with Crippen molar-refractivity contribution in [3.8, 4) is 0 Å². The van der Waals surface area contributed by atoms with Gasteiger partial charge in [-0.25, -0.2) is 19.9 Å². The molecule has 2 fully saturated rings. The number of rotatable bonds is 14. The van der Waals surface area contributed by atoms with Crippen molar-refractivity contribution in [3.05, 3.63) is 200 Å². The van der Waals surface area contributed by atoms with Gasteiger partial charge in [-0.15, -0.1) is 0 Å². The zero-order valence-electron chi connectivity index (χ0n) is 41.0. The van der Waals surface area contributed by atoms with Gasteiger partial charge in [0, 0.05) is 122 Å². The molecule has 4 aliphatic rings. The molecule has 372 valence electrons. The Balaban J connectivity index is 0.000000178. The Morgan fingerprint density at radius 2 is 0.972 bits per heavy atom. The fraction of sp³-hybridized carbons (Fsp3) is 0.357. The quantitative estimate of drug-likeness (QED) is 0.108. The summed E-state index contributed by atoms with van der Waals surface area (Å²) in [7, 11) is 0. The van der Waals surface area contributed by atoms with Crippen LogP contribution in [0.3, 0.4) is 0 Å². The fourth-order valence-corrected chi connectivity index (χ4v) is 11.6. The molecule has 2 amide bonds. The van der Waals surface area contributed by atoms with Crippen molar-refractivity contribution in [2.45, 2.75) is 90.1 Å².